The van der Waals surface area contributed by atoms with Crippen molar-refractivity contribution in [2.24, 2.45) is 0 Å². The molecule has 0 spiro atoms. The Hall–Kier alpha value is -2.41. The lowest BCUT2D eigenvalue weighted by Crippen LogP contribution is -2.48. The van der Waals surface area contributed by atoms with Crippen LogP contribution in [0.1, 0.15) is 24.3 Å². The van der Waals surface area contributed by atoms with E-state index in [-0.39, 0.29) is 5.91 Å². The van der Waals surface area contributed by atoms with Crippen LogP contribution in [0.5, 0.6) is 5.75 Å². The van der Waals surface area contributed by atoms with Crippen LogP contribution < -0.4 is 4.74 Å². The van der Waals surface area contributed by atoms with E-state index in [9.17, 15) is 4.79 Å². The van der Waals surface area contributed by atoms with Gasteiger partial charge in [-0.25, -0.2) is 0 Å². The van der Waals surface area contributed by atoms with Crippen molar-refractivity contribution in [2.45, 2.75) is 26.8 Å². The number of aryl methyl sites for hydroxylation is 1. The van der Waals surface area contributed by atoms with Crippen molar-refractivity contribution in [1.82, 2.24) is 20.0 Å². The normalized spacial score (nSPS) is 15.4. The minimum absolute atomic E-state index is 0.164. The number of rotatable bonds is 6. The summed E-state index contributed by atoms with van der Waals surface area (Å²) in [4.78, 5) is 16.6. The summed E-state index contributed by atoms with van der Waals surface area (Å²) in [5.41, 5.74) is 1.01. The Bertz CT molecular complexity index is 691. The first-order valence-corrected chi connectivity index (χ1v) is 8.65. The van der Waals surface area contributed by atoms with Crippen LogP contribution in [0.25, 0.3) is 0 Å². The van der Waals surface area contributed by atoms with Gasteiger partial charge in [-0.3, -0.25) is 9.69 Å². The van der Waals surface area contributed by atoms with Gasteiger partial charge in [-0.1, -0.05) is 12.1 Å². The molecule has 1 aliphatic heterocycles. The summed E-state index contributed by atoms with van der Waals surface area (Å²) >= 11 is 0. The Kier molecular flexibility index (Phi) is 5.65. The van der Waals surface area contributed by atoms with E-state index in [2.05, 4.69) is 15.1 Å². The summed E-state index contributed by atoms with van der Waals surface area (Å²) in [6.45, 7) is 8.11. The number of hydrogen-bond donors (Lipinski definition) is 0. The molecule has 1 aromatic carbocycles. The monoisotopic (exact) mass is 344 g/mol. The third kappa shape index (κ3) is 4.79. The molecular weight excluding hydrogens is 320 g/mol. The van der Waals surface area contributed by atoms with E-state index in [0.29, 0.717) is 31.4 Å². The summed E-state index contributed by atoms with van der Waals surface area (Å²) in [5.74, 6) is 2.21. The molecule has 7 heteroatoms. The van der Waals surface area contributed by atoms with Gasteiger partial charge >= 0.3 is 0 Å². The average molecular weight is 344 g/mol. The summed E-state index contributed by atoms with van der Waals surface area (Å²) in [6, 6.07) is 7.74. The largest absolute Gasteiger partial charge is 0.494 e. The molecule has 1 saturated heterocycles. The Morgan fingerprint density at radius 1 is 1.16 bits per heavy atom. The van der Waals surface area contributed by atoms with Gasteiger partial charge in [-0.05, 0) is 24.6 Å². The molecule has 1 aliphatic rings. The highest BCUT2D eigenvalue weighted by molar-refractivity contribution is 5.78. The topological polar surface area (TPSA) is 71.7 Å². The van der Waals surface area contributed by atoms with Crippen LogP contribution in [0.2, 0.25) is 0 Å². The molecular formula is C18H24N4O3. The molecule has 0 saturated carbocycles. The number of carbonyl (C=O) groups excluding carboxylic acids is 1. The maximum absolute atomic E-state index is 12.5. The lowest BCUT2D eigenvalue weighted by Gasteiger charge is -2.34. The molecule has 2 aromatic rings. The first-order chi connectivity index (χ1) is 12.1. The smallest absolute Gasteiger partial charge is 0.230 e. The van der Waals surface area contributed by atoms with E-state index in [4.69, 9.17) is 9.15 Å². The quantitative estimate of drug-likeness (QED) is 0.794. The number of amides is 1. The number of piperazine rings is 1. The van der Waals surface area contributed by atoms with Gasteiger partial charge in [-0.15, -0.1) is 10.2 Å². The van der Waals surface area contributed by atoms with Crippen molar-refractivity contribution in [1.29, 1.82) is 0 Å². The summed E-state index contributed by atoms with van der Waals surface area (Å²) in [7, 11) is 0. The van der Waals surface area contributed by atoms with Crippen LogP contribution in [0, 0.1) is 6.92 Å². The number of ether oxygens (including phenoxy) is 1. The molecule has 134 valence electrons. The molecule has 7 nitrogen and oxygen atoms in total. The van der Waals surface area contributed by atoms with Gasteiger partial charge in [0.15, 0.2) is 0 Å². The van der Waals surface area contributed by atoms with Crippen LogP contribution >= 0.6 is 0 Å². The molecule has 0 atom stereocenters. The first-order valence-electron chi connectivity index (χ1n) is 8.65. The van der Waals surface area contributed by atoms with E-state index in [1.807, 2.05) is 36.1 Å². The van der Waals surface area contributed by atoms with Crippen molar-refractivity contribution in [3.63, 3.8) is 0 Å². The molecule has 25 heavy (non-hydrogen) atoms. The van der Waals surface area contributed by atoms with E-state index >= 15 is 0 Å². The van der Waals surface area contributed by atoms with Crippen molar-refractivity contribution < 1.29 is 13.9 Å². The van der Waals surface area contributed by atoms with Crippen molar-refractivity contribution >= 4 is 5.91 Å². The number of nitrogens with zero attached hydrogens (tertiary/aromatic N) is 4. The zero-order valence-corrected chi connectivity index (χ0v) is 14.8. The van der Waals surface area contributed by atoms with Gasteiger partial charge in [0, 0.05) is 33.1 Å². The minimum atomic E-state index is 0.164. The molecule has 1 amide bonds. The highest BCUT2D eigenvalue weighted by atomic mass is 16.5. The molecule has 2 heterocycles. The van der Waals surface area contributed by atoms with Crippen molar-refractivity contribution in [2.75, 3.05) is 32.8 Å². The third-order valence-corrected chi connectivity index (χ3v) is 4.24. The number of hydrogen-bond acceptors (Lipinski definition) is 6. The minimum Gasteiger partial charge on any atom is -0.494 e. The second-order valence-corrected chi connectivity index (χ2v) is 6.13. The standard InChI is InChI=1S/C18H24N4O3/c1-3-24-16-6-4-15(5-7-16)12-18(23)22-10-8-21(9-11-22)13-17-20-19-14(2)25-17/h4-7H,3,8-13H2,1-2H3. The molecule has 0 bridgehead atoms. The number of aromatic nitrogens is 2. The fourth-order valence-corrected chi connectivity index (χ4v) is 2.90. The van der Waals surface area contributed by atoms with Gasteiger partial charge in [0.25, 0.3) is 0 Å². The van der Waals surface area contributed by atoms with Gasteiger partial charge in [-0.2, -0.15) is 0 Å². The first kappa shape index (κ1) is 17.4. The molecule has 0 radical (unpaired) electrons. The summed E-state index contributed by atoms with van der Waals surface area (Å²) in [5, 5.41) is 7.86. The van der Waals surface area contributed by atoms with Crippen LogP contribution in [0.3, 0.4) is 0 Å². The molecule has 0 unspecified atom stereocenters. The van der Waals surface area contributed by atoms with E-state index < -0.39 is 0 Å². The van der Waals surface area contributed by atoms with Crippen LogP contribution in [0.4, 0.5) is 0 Å². The van der Waals surface area contributed by atoms with E-state index in [1.165, 1.54) is 0 Å². The maximum Gasteiger partial charge on any atom is 0.230 e. The third-order valence-electron chi connectivity index (χ3n) is 4.24. The lowest BCUT2D eigenvalue weighted by atomic mass is 10.1. The predicted octanol–water partition coefficient (Wildman–Crippen LogP) is 1.66. The van der Waals surface area contributed by atoms with Gasteiger partial charge in [0.2, 0.25) is 17.7 Å². The zero-order chi connectivity index (χ0) is 17.6. The average Bonchev–Trinajstić information content (AvgIpc) is 3.02. The SMILES string of the molecule is CCOc1ccc(CC(=O)N2CCN(Cc3nnc(C)o3)CC2)cc1. The zero-order valence-electron chi connectivity index (χ0n) is 14.8. The van der Waals surface area contributed by atoms with E-state index in [1.54, 1.807) is 6.92 Å². The van der Waals surface area contributed by atoms with Crippen molar-refractivity contribution in [3.05, 3.63) is 41.6 Å². The van der Waals surface area contributed by atoms with Crippen LogP contribution in [-0.2, 0) is 17.8 Å². The Labute approximate surface area is 147 Å². The van der Waals surface area contributed by atoms with E-state index in [0.717, 1.165) is 37.5 Å². The maximum atomic E-state index is 12.5. The second-order valence-electron chi connectivity index (χ2n) is 6.13. The molecule has 1 aromatic heterocycles. The van der Waals surface area contributed by atoms with Crippen LogP contribution in [0.15, 0.2) is 28.7 Å². The number of benzene rings is 1. The van der Waals surface area contributed by atoms with Gasteiger partial charge < -0.3 is 14.1 Å². The molecule has 0 aliphatic carbocycles. The molecule has 1 fully saturated rings. The summed E-state index contributed by atoms with van der Waals surface area (Å²) < 4.78 is 10.8. The van der Waals surface area contributed by atoms with Crippen LogP contribution in [-0.4, -0.2) is 58.7 Å². The molecule has 3 rings (SSSR count). The second kappa shape index (κ2) is 8.11. The molecule has 0 N–H and O–H groups in total. The Morgan fingerprint density at radius 2 is 1.88 bits per heavy atom. The Morgan fingerprint density at radius 3 is 2.48 bits per heavy atom. The fraction of sp³-hybridized carbons (Fsp3) is 0.500. The Balaban J connectivity index is 1.46. The predicted molar refractivity (Wildman–Crippen MR) is 92.2 cm³/mol. The highest BCUT2D eigenvalue weighted by Crippen LogP contribution is 2.14. The number of carbonyl (C=O) groups is 1. The van der Waals surface area contributed by atoms with Gasteiger partial charge in [0.05, 0.1) is 19.6 Å². The highest BCUT2D eigenvalue weighted by Gasteiger charge is 2.22. The van der Waals surface area contributed by atoms with Gasteiger partial charge in [0.1, 0.15) is 5.75 Å². The van der Waals surface area contributed by atoms with Crippen molar-refractivity contribution in [3.8, 4) is 5.75 Å². The fourth-order valence-electron chi connectivity index (χ4n) is 2.90. The summed E-state index contributed by atoms with van der Waals surface area (Å²) in [6.07, 6.45) is 0.426. The lowest BCUT2D eigenvalue weighted by molar-refractivity contribution is -0.132.